The molecule has 2 rings (SSSR count). The summed E-state index contributed by atoms with van der Waals surface area (Å²) in [5.41, 5.74) is -0.165. The third kappa shape index (κ3) is 5.98. The van der Waals surface area contributed by atoms with Crippen LogP contribution in [0.15, 0.2) is 30.3 Å². The van der Waals surface area contributed by atoms with Crippen LogP contribution in [0.5, 0.6) is 0 Å². The fraction of sp³-hybridized carbons (Fsp3) is 0.409. The summed E-state index contributed by atoms with van der Waals surface area (Å²) in [6, 6.07) is 6.79. The number of amides is 2. The molecule has 1 heterocycles. The predicted octanol–water partition coefficient (Wildman–Crippen LogP) is 5.19. The van der Waals surface area contributed by atoms with E-state index in [0.29, 0.717) is 0 Å². The lowest BCUT2D eigenvalue weighted by Crippen LogP contribution is -2.35. The van der Waals surface area contributed by atoms with Crippen LogP contribution in [0.2, 0.25) is 5.02 Å². The van der Waals surface area contributed by atoms with Crippen LogP contribution in [0.4, 0.5) is 15.0 Å². The van der Waals surface area contributed by atoms with Crippen LogP contribution < -0.4 is 5.32 Å². The number of nitrogens with one attached hydrogen (secondary N) is 1. The average Bonchev–Trinajstić information content (AvgIpc) is 3.08. The Morgan fingerprint density at radius 2 is 2.00 bits per heavy atom. The van der Waals surface area contributed by atoms with Gasteiger partial charge in [-0.25, -0.2) is 9.18 Å². The van der Waals surface area contributed by atoms with Gasteiger partial charge in [0.1, 0.15) is 11.4 Å². The Kier molecular flexibility index (Phi) is 7.69. The molecule has 2 amide bonds. The summed E-state index contributed by atoms with van der Waals surface area (Å²) in [7, 11) is 1.55. The Morgan fingerprint density at radius 3 is 2.58 bits per heavy atom. The number of carbonyl (C=O) groups is 2. The lowest BCUT2D eigenvalue weighted by Gasteiger charge is -2.26. The summed E-state index contributed by atoms with van der Waals surface area (Å²) in [6.45, 7) is 14.6. The molecular formula is C22H26ClFN4O3. The number of rotatable bonds is 6. The van der Waals surface area contributed by atoms with Gasteiger partial charge in [-0.2, -0.15) is 0 Å². The van der Waals surface area contributed by atoms with Gasteiger partial charge in [-0.15, -0.1) is 0 Å². The first-order valence-electron chi connectivity index (χ1n) is 9.71. The minimum atomic E-state index is -0.638. The smallest absolute Gasteiger partial charge is 0.407 e. The number of aromatic nitrogens is 1. The van der Waals surface area contributed by atoms with Crippen molar-refractivity contribution in [2.75, 3.05) is 13.6 Å². The fourth-order valence-corrected chi connectivity index (χ4v) is 3.34. The average molecular weight is 449 g/mol. The fourth-order valence-electron chi connectivity index (χ4n) is 3.02. The molecule has 0 fully saturated rings. The van der Waals surface area contributed by atoms with Gasteiger partial charge < -0.3 is 19.8 Å². The van der Waals surface area contributed by atoms with Crippen molar-refractivity contribution >= 4 is 29.4 Å². The largest absolute Gasteiger partial charge is 0.444 e. The van der Waals surface area contributed by atoms with Gasteiger partial charge in [0.05, 0.1) is 19.1 Å². The molecule has 0 saturated carbocycles. The quantitative estimate of drug-likeness (QED) is 0.618. The van der Waals surface area contributed by atoms with Gasteiger partial charge in [0.25, 0.3) is 5.91 Å². The third-order valence-corrected chi connectivity index (χ3v) is 4.94. The van der Waals surface area contributed by atoms with Crippen LogP contribution >= 0.6 is 11.6 Å². The van der Waals surface area contributed by atoms with Crippen LogP contribution in [0.1, 0.15) is 49.8 Å². The number of ether oxygens (including phenoxy) is 1. The van der Waals surface area contributed by atoms with Crippen molar-refractivity contribution in [2.24, 2.45) is 0 Å². The summed E-state index contributed by atoms with van der Waals surface area (Å²) in [6.07, 6.45) is -0.586. The molecule has 166 valence electrons. The molecular weight excluding hydrogens is 423 g/mol. The highest BCUT2D eigenvalue weighted by Gasteiger charge is 2.27. The number of halogens is 2. The van der Waals surface area contributed by atoms with Crippen molar-refractivity contribution in [1.29, 1.82) is 0 Å². The molecule has 0 aliphatic carbocycles. The molecule has 1 atom stereocenters. The van der Waals surface area contributed by atoms with Crippen LogP contribution in [0, 0.1) is 12.4 Å². The highest BCUT2D eigenvalue weighted by molar-refractivity contribution is 6.31. The van der Waals surface area contributed by atoms with Crippen LogP contribution in [-0.4, -0.2) is 40.7 Å². The van der Waals surface area contributed by atoms with Crippen LogP contribution in [0.25, 0.3) is 4.85 Å². The maximum atomic E-state index is 14.3. The number of carbonyl (C=O) groups excluding carboxylic acids is 2. The molecule has 0 saturated heterocycles. The summed E-state index contributed by atoms with van der Waals surface area (Å²) >= 11 is 6.15. The van der Waals surface area contributed by atoms with Crippen molar-refractivity contribution in [3.05, 3.63) is 63.8 Å². The lowest BCUT2D eigenvalue weighted by molar-refractivity contribution is 0.0526. The Labute approximate surface area is 186 Å². The van der Waals surface area contributed by atoms with E-state index in [2.05, 4.69) is 10.2 Å². The molecule has 9 heteroatoms. The predicted molar refractivity (Wildman–Crippen MR) is 117 cm³/mol. The summed E-state index contributed by atoms with van der Waals surface area (Å²) in [5.74, 6) is -0.656. The van der Waals surface area contributed by atoms with E-state index in [4.69, 9.17) is 22.9 Å². The summed E-state index contributed by atoms with van der Waals surface area (Å²) in [4.78, 5) is 29.8. The molecule has 0 aliphatic heterocycles. The second-order valence-electron chi connectivity index (χ2n) is 8.00. The maximum absolute atomic E-state index is 14.3. The SMILES string of the molecule is [C-]#[N+]c1ccc(C(=O)N(C)[C@@H](C)c2c(F)cccc2Cl)n1CCNC(=O)OC(C)(C)C. The Hall–Kier alpha value is -3.05. The maximum Gasteiger partial charge on any atom is 0.407 e. The van der Waals surface area contributed by atoms with E-state index in [0.717, 1.165) is 0 Å². The topological polar surface area (TPSA) is 67.9 Å². The molecule has 0 spiro atoms. The normalized spacial score (nSPS) is 12.1. The number of nitrogens with zero attached hydrogens (tertiary/aromatic N) is 3. The Morgan fingerprint density at radius 1 is 1.32 bits per heavy atom. The minimum absolute atomic E-state index is 0.158. The van der Waals surface area contributed by atoms with Crippen LogP contribution in [-0.2, 0) is 11.3 Å². The highest BCUT2D eigenvalue weighted by atomic mass is 35.5. The number of benzene rings is 1. The summed E-state index contributed by atoms with van der Waals surface area (Å²) < 4.78 is 21.0. The van der Waals surface area contributed by atoms with Crippen molar-refractivity contribution in [3.8, 4) is 0 Å². The van der Waals surface area contributed by atoms with Gasteiger partial charge in [-0.05, 0) is 52.0 Å². The molecule has 1 aromatic heterocycles. The van der Waals surface area contributed by atoms with E-state index in [1.54, 1.807) is 40.8 Å². The van der Waals surface area contributed by atoms with Crippen LogP contribution in [0.3, 0.4) is 0 Å². The second-order valence-corrected chi connectivity index (χ2v) is 8.40. The number of alkyl carbamates (subject to hydrolysis) is 1. The summed E-state index contributed by atoms with van der Waals surface area (Å²) in [5, 5.41) is 2.84. The van der Waals surface area contributed by atoms with Crippen molar-refractivity contribution in [1.82, 2.24) is 14.8 Å². The zero-order valence-electron chi connectivity index (χ0n) is 18.2. The molecule has 0 radical (unpaired) electrons. The third-order valence-electron chi connectivity index (χ3n) is 4.61. The van der Waals surface area contributed by atoms with Crippen molar-refractivity contribution < 1.29 is 18.7 Å². The molecule has 0 aliphatic rings. The minimum Gasteiger partial charge on any atom is -0.444 e. The van der Waals surface area contributed by atoms with E-state index >= 15 is 0 Å². The van der Waals surface area contributed by atoms with E-state index in [1.165, 1.54) is 33.7 Å². The standard InChI is InChI=1S/C22H26ClFN4O3/c1-14(19-15(23)8-7-9-16(19)24)27(6)20(29)17-10-11-18(25-5)28(17)13-12-26-21(30)31-22(2,3)4/h7-11,14H,12-13H2,1-4,6H3,(H,26,30)/t14-/m0/s1. The van der Waals surface area contributed by atoms with E-state index in [9.17, 15) is 14.0 Å². The molecule has 7 nitrogen and oxygen atoms in total. The van der Waals surface area contributed by atoms with E-state index < -0.39 is 29.5 Å². The van der Waals surface area contributed by atoms with Gasteiger partial charge in [-0.1, -0.05) is 24.2 Å². The molecule has 1 aromatic carbocycles. The first-order chi connectivity index (χ1) is 14.5. The highest BCUT2D eigenvalue weighted by Crippen LogP contribution is 2.30. The van der Waals surface area contributed by atoms with Crippen molar-refractivity contribution in [3.63, 3.8) is 0 Å². The lowest BCUT2D eigenvalue weighted by atomic mass is 10.1. The van der Waals surface area contributed by atoms with Gasteiger partial charge in [0.2, 0.25) is 5.82 Å². The zero-order chi connectivity index (χ0) is 23.3. The number of hydrogen-bond donors (Lipinski definition) is 1. The molecule has 2 aromatic rings. The molecule has 31 heavy (non-hydrogen) atoms. The zero-order valence-corrected chi connectivity index (χ0v) is 19.0. The van der Waals surface area contributed by atoms with E-state index in [1.807, 2.05) is 0 Å². The van der Waals surface area contributed by atoms with Gasteiger partial charge >= 0.3 is 6.09 Å². The molecule has 0 bridgehead atoms. The van der Waals surface area contributed by atoms with Gasteiger partial charge in [-0.3, -0.25) is 9.36 Å². The Bertz CT molecular complexity index is 987. The number of hydrogen-bond acceptors (Lipinski definition) is 3. The second kappa shape index (κ2) is 9.84. The van der Waals surface area contributed by atoms with E-state index in [-0.39, 0.29) is 35.2 Å². The monoisotopic (exact) mass is 448 g/mol. The van der Waals surface area contributed by atoms with Gasteiger partial charge in [0.15, 0.2) is 5.69 Å². The Balaban J connectivity index is 2.19. The van der Waals surface area contributed by atoms with Crippen molar-refractivity contribution in [2.45, 2.75) is 45.9 Å². The van der Waals surface area contributed by atoms with Gasteiger partial charge in [0, 0.05) is 17.6 Å². The molecule has 0 unspecified atom stereocenters. The first-order valence-corrected chi connectivity index (χ1v) is 10.1. The first kappa shape index (κ1) is 24.2. The molecule has 1 N–H and O–H groups in total.